The fourth-order valence-corrected chi connectivity index (χ4v) is 2.56. The van der Waals surface area contributed by atoms with Crippen molar-refractivity contribution in [3.8, 4) is 6.07 Å². The summed E-state index contributed by atoms with van der Waals surface area (Å²) in [5, 5.41) is 14.9. The van der Waals surface area contributed by atoms with Crippen LogP contribution in [0.1, 0.15) is 38.2 Å². The number of nitrogens with zero attached hydrogens (tertiary/aromatic N) is 1. The summed E-state index contributed by atoms with van der Waals surface area (Å²) in [6.45, 7) is 3.37. The number of rotatable bonds is 8. The predicted molar refractivity (Wildman–Crippen MR) is 94.4 cm³/mol. The number of carbonyl (C=O) groups is 1. The molecule has 1 unspecified atom stereocenters. The van der Waals surface area contributed by atoms with Gasteiger partial charge in [-0.05, 0) is 43.4 Å². The van der Waals surface area contributed by atoms with Crippen LogP contribution in [0.25, 0.3) is 0 Å². The van der Waals surface area contributed by atoms with Crippen LogP contribution >= 0.6 is 0 Å². The summed E-state index contributed by atoms with van der Waals surface area (Å²) in [6, 6.07) is 9.98. The second-order valence-corrected chi connectivity index (χ2v) is 5.96. The molecule has 0 spiro atoms. The van der Waals surface area contributed by atoms with Crippen molar-refractivity contribution in [1.29, 1.82) is 5.26 Å². The average molecular weight is 327 g/mol. The molecule has 2 rings (SSSR count). The summed E-state index contributed by atoms with van der Waals surface area (Å²) in [7, 11) is 0. The van der Waals surface area contributed by atoms with Gasteiger partial charge in [-0.1, -0.05) is 25.5 Å². The van der Waals surface area contributed by atoms with Gasteiger partial charge < -0.3 is 15.4 Å². The average Bonchev–Trinajstić information content (AvgIpc) is 3.13. The molecule has 1 fully saturated rings. The molecule has 0 saturated carbocycles. The number of nitriles is 1. The topological polar surface area (TPSA) is 74.2 Å². The van der Waals surface area contributed by atoms with E-state index in [4.69, 9.17) is 10.00 Å². The molecule has 24 heavy (non-hydrogen) atoms. The van der Waals surface area contributed by atoms with Crippen LogP contribution in [0.4, 0.5) is 5.69 Å². The highest BCUT2D eigenvalue weighted by Gasteiger charge is 2.17. The number of benzene rings is 1. The molecule has 5 heteroatoms. The second-order valence-electron chi connectivity index (χ2n) is 5.96. The lowest BCUT2D eigenvalue weighted by atomic mass is 10.1. The van der Waals surface area contributed by atoms with E-state index < -0.39 is 0 Å². The molecule has 1 saturated heterocycles. The number of hydrogen-bond donors (Lipinski definition) is 2. The van der Waals surface area contributed by atoms with Crippen molar-refractivity contribution >= 4 is 11.6 Å². The number of ether oxygens (including phenoxy) is 1. The van der Waals surface area contributed by atoms with Crippen LogP contribution in [0.5, 0.6) is 0 Å². The highest BCUT2D eigenvalue weighted by molar-refractivity contribution is 5.97. The Hall–Kier alpha value is -2.32. The number of hydrogen-bond acceptors (Lipinski definition) is 4. The Morgan fingerprint density at radius 2 is 2.21 bits per heavy atom. The molecule has 5 nitrogen and oxygen atoms in total. The molecular weight excluding hydrogens is 302 g/mol. The molecule has 128 valence electrons. The van der Waals surface area contributed by atoms with E-state index in [1.165, 1.54) is 24.6 Å². The van der Waals surface area contributed by atoms with Crippen molar-refractivity contribution in [2.45, 2.75) is 45.1 Å². The Bertz CT molecular complexity index is 596. The summed E-state index contributed by atoms with van der Waals surface area (Å²) >= 11 is 0. The first kappa shape index (κ1) is 18.0. The number of amides is 1. The normalized spacial score (nSPS) is 17.3. The molecule has 1 aromatic rings. The van der Waals surface area contributed by atoms with E-state index in [1.54, 1.807) is 0 Å². The van der Waals surface area contributed by atoms with Gasteiger partial charge in [0.05, 0.1) is 6.10 Å². The third-order valence-electron chi connectivity index (χ3n) is 4.04. The molecular formula is C19H25N3O2. The van der Waals surface area contributed by atoms with E-state index in [1.807, 2.05) is 18.2 Å². The zero-order chi connectivity index (χ0) is 17.2. The van der Waals surface area contributed by atoms with Gasteiger partial charge in [-0.15, -0.1) is 0 Å². The lowest BCUT2D eigenvalue weighted by Crippen LogP contribution is -2.32. The van der Waals surface area contributed by atoms with Crippen molar-refractivity contribution in [2.75, 3.05) is 18.5 Å². The predicted octanol–water partition coefficient (Wildman–Crippen LogP) is 3.14. The second kappa shape index (κ2) is 9.74. The first-order chi connectivity index (χ1) is 11.7. The zero-order valence-corrected chi connectivity index (χ0v) is 14.2. The summed E-state index contributed by atoms with van der Waals surface area (Å²) in [6.07, 6.45) is 6.92. The van der Waals surface area contributed by atoms with E-state index in [0.29, 0.717) is 6.54 Å². The van der Waals surface area contributed by atoms with Gasteiger partial charge in [0.25, 0.3) is 5.91 Å². The van der Waals surface area contributed by atoms with Gasteiger partial charge >= 0.3 is 0 Å². The van der Waals surface area contributed by atoms with Gasteiger partial charge in [-0.2, -0.15) is 5.26 Å². The molecule has 1 aliphatic rings. The van der Waals surface area contributed by atoms with Crippen molar-refractivity contribution in [3.63, 3.8) is 0 Å². The first-order valence-electron chi connectivity index (χ1n) is 8.58. The number of unbranched alkanes of at least 4 members (excludes halogenated alkanes) is 1. The number of anilines is 1. The van der Waals surface area contributed by atoms with E-state index in [2.05, 4.69) is 29.7 Å². The molecule has 1 atom stereocenters. The standard InChI is InChI=1S/C19H25N3O2/c1-2-3-5-15-7-9-17(10-8-15)21-13-16(12-20)19(23)22-14-18-6-4-11-24-18/h7-10,13,18,21H,2-6,11,14H2,1H3,(H,22,23)/b16-13-. The van der Waals surface area contributed by atoms with E-state index >= 15 is 0 Å². The molecule has 2 N–H and O–H groups in total. The first-order valence-corrected chi connectivity index (χ1v) is 8.58. The van der Waals surface area contributed by atoms with Crippen LogP contribution in [-0.4, -0.2) is 25.2 Å². The van der Waals surface area contributed by atoms with Crippen LogP contribution in [0.15, 0.2) is 36.0 Å². The van der Waals surface area contributed by atoms with E-state index in [9.17, 15) is 4.79 Å². The van der Waals surface area contributed by atoms with Crippen LogP contribution < -0.4 is 10.6 Å². The maximum atomic E-state index is 12.0. The van der Waals surface area contributed by atoms with E-state index in [-0.39, 0.29) is 17.6 Å². The fraction of sp³-hybridized carbons (Fsp3) is 0.474. The maximum Gasteiger partial charge on any atom is 0.263 e. The van der Waals surface area contributed by atoms with Crippen LogP contribution in [0, 0.1) is 11.3 Å². The molecule has 0 radical (unpaired) electrons. The van der Waals surface area contributed by atoms with Crippen LogP contribution in [0.3, 0.4) is 0 Å². The lowest BCUT2D eigenvalue weighted by Gasteiger charge is -2.10. The smallest absolute Gasteiger partial charge is 0.263 e. The Balaban J connectivity index is 1.85. The minimum Gasteiger partial charge on any atom is -0.376 e. The van der Waals surface area contributed by atoms with Gasteiger partial charge in [0.15, 0.2) is 0 Å². The largest absolute Gasteiger partial charge is 0.376 e. The molecule has 0 aliphatic carbocycles. The summed E-state index contributed by atoms with van der Waals surface area (Å²) < 4.78 is 5.45. The Morgan fingerprint density at radius 1 is 1.42 bits per heavy atom. The molecule has 1 aliphatic heterocycles. The Kier molecular flexibility index (Phi) is 7.31. The molecule has 1 amide bonds. The number of carbonyl (C=O) groups excluding carboxylic acids is 1. The molecule has 0 bridgehead atoms. The minimum absolute atomic E-state index is 0.0584. The third kappa shape index (κ3) is 5.71. The molecule has 1 heterocycles. The summed E-state index contributed by atoms with van der Waals surface area (Å²) in [5.41, 5.74) is 2.21. The van der Waals surface area contributed by atoms with Crippen molar-refractivity contribution < 1.29 is 9.53 Å². The quantitative estimate of drug-likeness (QED) is 0.568. The van der Waals surface area contributed by atoms with Crippen LogP contribution in [-0.2, 0) is 16.0 Å². The van der Waals surface area contributed by atoms with Crippen molar-refractivity contribution in [1.82, 2.24) is 5.32 Å². The van der Waals surface area contributed by atoms with Crippen molar-refractivity contribution in [2.24, 2.45) is 0 Å². The minimum atomic E-state index is -0.375. The van der Waals surface area contributed by atoms with Crippen molar-refractivity contribution in [3.05, 3.63) is 41.6 Å². The van der Waals surface area contributed by atoms with Gasteiger partial charge in [0.1, 0.15) is 11.6 Å². The zero-order valence-electron chi connectivity index (χ0n) is 14.2. The highest BCUT2D eigenvalue weighted by Crippen LogP contribution is 2.13. The number of nitrogens with one attached hydrogen (secondary N) is 2. The van der Waals surface area contributed by atoms with Crippen LogP contribution in [0.2, 0.25) is 0 Å². The highest BCUT2D eigenvalue weighted by atomic mass is 16.5. The lowest BCUT2D eigenvalue weighted by molar-refractivity contribution is -0.117. The molecule has 1 aromatic carbocycles. The van der Waals surface area contributed by atoms with Gasteiger partial charge in [-0.25, -0.2) is 0 Å². The Labute approximate surface area is 143 Å². The number of aryl methyl sites for hydroxylation is 1. The Morgan fingerprint density at radius 3 is 2.83 bits per heavy atom. The monoisotopic (exact) mass is 327 g/mol. The summed E-state index contributed by atoms with van der Waals surface area (Å²) in [5.74, 6) is -0.375. The van der Waals surface area contributed by atoms with Gasteiger partial charge in [-0.3, -0.25) is 4.79 Å². The SMILES string of the molecule is CCCCc1ccc(N/C=C(/C#N)C(=O)NCC2CCCO2)cc1. The third-order valence-corrected chi connectivity index (χ3v) is 4.04. The fourth-order valence-electron chi connectivity index (χ4n) is 2.56. The van der Waals surface area contributed by atoms with E-state index in [0.717, 1.165) is 31.6 Å². The van der Waals surface area contributed by atoms with Gasteiger partial charge in [0, 0.05) is 25.0 Å². The maximum absolute atomic E-state index is 12.0. The summed E-state index contributed by atoms with van der Waals surface area (Å²) in [4.78, 5) is 12.0. The molecule has 0 aromatic heterocycles. The van der Waals surface area contributed by atoms with Gasteiger partial charge in [0.2, 0.25) is 0 Å².